The zero-order valence-electron chi connectivity index (χ0n) is 66.7. The van der Waals surface area contributed by atoms with Crippen molar-refractivity contribution >= 4 is 94.4 Å². The largest absolute Gasteiger partial charge is 0.445 e. The number of primary amides is 1. The van der Waals surface area contributed by atoms with E-state index >= 15 is 0 Å². The predicted octanol–water partition coefficient (Wildman–Crippen LogP) is 6.63. The molecule has 1 aromatic heterocycles. The molecule has 1 aliphatic carbocycles. The van der Waals surface area contributed by atoms with Crippen molar-refractivity contribution < 1.29 is 86.0 Å². The van der Waals surface area contributed by atoms with Gasteiger partial charge in [-0.2, -0.15) is 0 Å². The van der Waals surface area contributed by atoms with Gasteiger partial charge in [-0.1, -0.05) is 117 Å². The van der Waals surface area contributed by atoms with Gasteiger partial charge in [0.05, 0.1) is 88.2 Å². The zero-order chi connectivity index (χ0) is 81.7. The van der Waals surface area contributed by atoms with Gasteiger partial charge in [0.25, 0.3) is 17.7 Å². The molecule has 6 rings (SSSR count). The molecular formula is C80H119N13O18S. The maximum Gasteiger partial charge on any atom is 0.407 e. The van der Waals surface area contributed by atoms with Gasteiger partial charge >= 0.3 is 12.1 Å². The SMILES string of the molecule is CC[C@H](C)[C@@H]([C@@H](CC(=O)N1CCC[C@H]1[C@H](OC)[C@@H](C)C(=O)N[C@@H](Cc1ccccc1)c1nccs1)OC)N(C)C(=O)C(/C=N/C(=O)C1(NC(=O)CCOCCOCCOCCNC(=O)OCc2ccc(NC(=O)[C@H](CCCNC(N)=O)NC(=O)[C@@H](NC(=O)CCCCCN3C(=O)C=CC3=O)C(C)C)cc2)CCCC1)C(C)C. The van der Waals surface area contributed by atoms with Crippen LogP contribution in [0.3, 0.4) is 0 Å². The Hall–Kier alpha value is -9.08. The number of aliphatic imine (C=N–C) groups is 1. The Morgan fingerprint density at radius 2 is 1.41 bits per heavy atom. The lowest BCUT2D eigenvalue weighted by Gasteiger charge is -2.40. The Balaban J connectivity index is 0.863. The first-order chi connectivity index (χ1) is 53.7. The molecule has 3 aromatic rings. The molecule has 0 radical (unpaired) electrons. The summed E-state index contributed by atoms with van der Waals surface area (Å²) in [4.78, 5) is 172. The number of carbonyl (C=O) groups excluding carboxylic acids is 12. The van der Waals surface area contributed by atoms with Gasteiger partial charge in [0.15, 0.2) is 0 Å². The van der Waals surface area contributed by atoms with Gasteiger partial charge < -0.3 is 81.2 Å². The van der Waals surface area contributed by atoms with E-state index < -0.39 is 77.6 Å². The molecule has 1 unspecified atom stereocenters. The third-order valence-electron chi connectivity index (χ3n) is 20.6. The normalized spacial score (nSPS) is 17.1. The van der Waals surface area contributed by atoms with E-state index in [1.54, 1.807) is 75.4 Å². The molecule has 0 spiro atoms. The van der Waals surface area contributed by atoms with E-state index in [0.29, 0.717) is 82.0 Å². The maximum atomic E-state index is 14.7. The number of carbonyl (C=O) groups is 12. The Labute approximate surface area is 661 Å². The van der Waals surface area contributed by atoms with Crippen LogP contribution in [0.25, 0.3) is 0 Å². The number of hydrogen-bond donors (Lipinski definition) is 8. The van der Waals surface area contributed by atoms with Crippen molar-refractivity contribution in [3.8, 4) is 0 Å². The quantitative estimate of drug-likeness (QED) is 0.0167. The Bertz CT molecular complexity index is 3560. The minimum atomic E-state index is -1.24. The second kappa shape index (κ2) is 48.1. The summed E-state index contributed by atoms with van der Waals surface area (Å²) < 4.78 is 34.4. The number of nitrogens with two attached hydrogens (primary N) is 1. The molecule has 3 aliphatic rings. The highest BCUT2D eigenvalue weighted by Gasteiger charge is 2.45. The van der Waals surface area contributed by atoms with Crippen LogP contribution in [-0.4, -0.2) is 226 Å². The number of anilines is 1. The number of methoxy groups -OCH3 is 2. The van der Waals surface area contributed by atoms with Crippen molar-refractivity contribution in [1.29, 1.82) is 0 Å². The number of urea groups is 1. The molecule has 31 nitrogen and oxygen atoms in total. The highest BCUT2D eigenvalue weighted by molar-refractivity contribution is 7.09. The molecule has 3 heterocycles. The highest BCUT2D eigenvalue weighted by Crippen LogP contribution is 2.34. The molecule has 112 heavy (non-hydrogen) atoms. The molecule has 2 aliphatic heterocycles. The maximum absolute atomic E-state index is 14.7. The molecular weight excluding hydrogens is 1460 g/mol. The Kier molecular flexibility index (Phi) is 39.4. The summed E-state index contributed by atoms with van der Waals surface area (Å²) >= 11 is 1.48. The van der Waals surface area contributed by atoms with Crippen LogP contribution < -0.4 is 43.0 Å². The van der Waals surface area contributed by atoms with Gasteiger partial charge in [-0.3, -0.25) is 52.8 Å². The Morgan fingerprint density at radius 1 is 0.732 bits per heavy atom. The third-order valence-corrected chi connectivity index (χ3v) is 21.5. The lowest BCUT2D eigenvalue weighted by molar-refractivity contribution is -0.147. The number of benzene rings is 2. The van der Waals surface area contributed by atoms with Gasteiger partial charge in [0.1, 0.15) is 29.2 Å². The molecule has 32 heteroatoms. The van der Waals surface area contributed by atoms with Crippen LogP contribution in [0.2, 0.25) is 0 Å². The van der Waals surface area contributed by atoms with Gasteiger partial charge in [0.2, 0.25) is 41.4 Å². The number of aromatic nitrogens is 1. The molecule has 9 N–H and O–H groups in total. The van der Waals surface area contributed by atoms with Crippen LogP contribution in [0.15, 0.2) is 83.3 Å². The van der Waals surface area contributed by atoms with Gasteiger partial charge in [-0.05, 0) is 98.8 Å². The smallest absolute Gasteiger partial charge is 0.407 e. The first-order valence-corrected chi connectivity index (χ1v) is 40.0. The molecule has 13 amide bonds. The average Bonchev–Trinajstić information content (AvgIpc) is 1.40. The van der Waals surface area contributed by atoms with E-state index in [0.717, 1.165) is 21.9 Å². The number of likely N-dealkylation sites (N-methyl/N-ethyl adjacent to an activating group) is 1. The fraction of sp³-hybridized carbons (Fsp3) is 0.625. The summed E-state index contributed by atoms with van der Waals surface area (Å²) in [6.45, 7) is 15.1. The standard InChI is InChI=1S/C80H119N13O18S/c1-11-54(6)70(63(106-9)49-68(98)92-40-21-25-62(92)71(107-10)55(7)72(99)88-61(75-82-38-47-112-75)48-56-22-14-12-15-23-56)91(8)76(102)59(52(2)3)50-85-77(103)80(34-17-18-35-80)90-65(95)33-41-108-43-45-110-46-44-109-42-37-84-79(105)111-51-57-27-29-58(30-28-57)86-73(100)60(24-20-36-83-78(81)104)87-74(101)69(53(4)5)89-64(94)26-16-13-19-39-93-66(96)31-32-67(93)97/h12,14-15,22-23,27-32,38,47,50,52-55,59-63,69-71H,11,13,16-21,24-26,33-37,39-46,48-49,51H2,1-10H3,(H,84,105)(H,86,100)(H,87,101)(H,88,99)(H,89,94)(H,90,95)(H3,81,83,104)/b85-50+/t54-,55+,59?,60-,61-,62-,63+,69-,70-,71+/m0/s1. The fourth-order valence-electron chi connectivity index (χ4n) is 14.1. The summed E-state index contributed by atoms with van der Waals surface area (Å²) in [7, 11) is 4.81. The van der Waals surface area contributed by atoms with Crippen LogP contribution in [0.5, 0.6) is 0 Å². The number of nitrogens with one attached hydrogen (secondary N) is 7. The molecule has 2 fully saturated rings. The number of alkyl carbamates (subject to hydrolysis) is 1. The van der Waals surface area contributed by atoms with Gasteiger partial charge in [-0.15, -0.1) is 11.3 Å². The summed E-state index contributed by atoms with van der Waals surface area (Å²) in [6.07, 6.45) is 10.3. The van der Waals surface area contributed by atoms with Crippen molar-refractivity contribution in [2.45, 2.75) is 206 Å². The van der Waals surface area contributed by atoms with Crippen molar-refractivity contribution in [2.75, 3.05) is 92.4 Å². The highest BCUT2D eigenvalue weighted by atomic mass is 32.1. The second-order valence-corrected chi connectivity index (χ2v) is 30.4. The number of amides is 13. The number of nitrogens with zero attached hydrogens (tertiary/aromatic N) is 5. The minimum absolute atomic E-state index is 0.0215. The molecule has 618 valence electrons. The van der Waals surface area contributed by atoms with Crippen LogP contribution in [-0.2, 0) is 89.4 Å². The lowest BCUT2D eigenvalue weighted by Crippen LogP contribution is -2.54. The van der Waals surface area contributed by atoms with E-state index in [1.807, 2.05) is 70.3 Å². The number of unbranched alkanes of at least 4 members (excludes halogenated alkanes) is 2. The number of rotatable bonds is 50. The van der Waals surface area contributed by atoms with E-state index in [4.69, 9.17) is 34.2 Å². The summed E-state index contributed by atoms with van der Waals surface area (Å²) in [5, 5.41) is 22.2. The first-order valence-electron chi connectivity index (χ1n) is 39.2. The van der Waals surface area contributed by atoms with E-state index in [2.05, 4.69) is 47.2 Å². The van der Waals surface area contributed by atoms with Crippen molar-refractivity contribution in [1.82, 2.24) is 51.6 Å². The third kappa shape index (κ3) is 29.5. The minimum Gasteiger partial charge on any atom is -0.445 e. The van der Waals surface area contributed by atoms with Crippen molar-refractivity contribution in [3.63, 3.8) is 0 Å². The Morgan fingerprint density at radius 3 is 2.04 bits per heavy atom. The summed E-state index contributed by atoms with van der Waals surface area (Å²) in [5.41, 5.74) is 6.03. The zero-order valence-corrected chi connectivity index (χ0v) is 67.5. The van der Waals surface area contributed by atoms with Crippen molar-refractivity contribution in [2.24, 2.45) is 40.3 Å². The molecule has 10 atom stereocenters. The molecule has 1 saturated heterocycles. The summed E-state index contributed by atoms with van der Waals surface area (Å²) in [6, 6.07) is 12.3. The average molecular weight is 1580 g/mol. The van der Waals surface area contributed by atoms with E-state index in [1.165, 1.54) is 29.7 Å². The summed E-state index contributed by atoms with van der Waals surface area (Å²) in [5.74, 6) is -6.04. The number of imide groups is 1. The molecule has 2 aromatic carbocycles. The van der Waals surface area contributed by atoms with Gasteiger partial charge in [-0.25, -0.2) is 19.6 Å². The van der Waals surface area contributed by atoms with Crippen LogP contribution in [0.4, 0.5) is 15.3 Å². The number of hydrogen-bond acceptors (Lipinski definition) is 20. The number of likely N-dealkylation sites (tertiary alicyclic amines) is 1. The molecule has 0 bridgehead atoms. The second-order valence-electron chi connectivity index (χ2n) is 29.4. The number of ether oxygens (including phenoxy) is 6. The topological polar surface area (TPSA) is 405 Å². The van der Waals surface area contributed by atoms with Crippen LogP contribution >= 0.6 is 11.3 Å². The first kappa shape index (κ1) is 91.8. The lowest BCUT2D eigenvalue weighted by atomic mass is 9.88. The molecule has 1 saturated carbocycles. The van der Waals surface area contributed by atoms with Crippen LogP contribution in [0.1, 0.15) is 167 Å². The predicted molar refractivity (Wildman–Crippen MR) is 421 cm³/mol. The fourth-order valence-corrected chi connectivity index (χ4v) is 14.7. The number of thiazole rings is 1. The van der Waals surface area contributed by atoms with E-state index in [9.17, 15) is 57.5 Å². The van der Waals surface area contributed by atoms with Gasteiger partial charge in [0, 0.05) is 95.9 Å². The van der Waals surface area contributed by atoms with Crippen molar-refractivity contribution in [3.05, 3.63) is 94.5 Å². The monoisotopic (exact) mass is 1580 g/mol. The van der Waals surface area contributed by atoms with E-state index in [-0.39, 0.29) is 169 Å². The van der Waals surface area contributed by atoms with Crippen LogP contribution in [0, 0.1) is 29.6 Å².